The van der Waals surface area contributed by atoms with Crippen molar-refractivity contribution < 1.29 is 13.6 Å². The van der Waals surface area contributed by atoms with Gasteiger partial charge in [0.05, 0.1) is 19.4 Å². The zero-order valence-corrected chi connectivity index (χ0v) is 9.13. The molecule has 0 bridgehead atoms. The van der Waals surface area contributed by atoms with Crippen LogP contribution in [0.5, 0.6) is 0 Å². The zero-order chi connectivity index (χ0) is 10.2. The molecule has 0 atom stereocenters. The summed E-state index contributed by atoms with van der Waals surface area (Å²) in [5.74, 6) is 0. The van der Waals surface area contributed by atoms with Crippen molar-refractivity contribution in [1.29, 1.82) is 0 Å². The Labute approximate surface area is 80.0 Å². The number of hydrogen-bond acceptors (Lipinski definition) is 3. The van der Waals surface area contributed by atoms with E-state index < -0.39 is 7.60 Å². The molecule has 0 aliphatic rings. The third-order valence-corrected chi connectivity index (χ3v) is 3.21. The molecule has 76 valence electrons. The molecule has 4 heteroatoms. The van der Waals surface area contributed by atoms with E-state index >= 15 is 0 Å². The van der Waals surface area contributed by atoms with Gasteiger partial charge in [0.15, 0.2) is 0 Å². The van der Waals surface area contributed by atoms with Crippen LogP contribution in [-0.2, 0) is 13.6 Å². The molecule has 0 N–H and O–H groups in total. The number of allylic oxidation sites excluding steroid dienone is 3. The minimum Gasteiger partial charge on any atom is -0.309 e. The highest BCUT2D eigenvalue weighted by atomic mass is 31.2. The fraction of sp³-hybridized carbons (Fsp3) is 0.556. The normalized spacial score (nSPS) is 12.2. The summed E-state index contributed by atoms with van der Waals surface area (Å²) in [5.41, 5.74) is 0. The first-order chi connectivity index (χ1) is 6.18. The van der Waals surface area contributed by atoms with E-state index in [9.17, 15) is 4.57 Å². The van der Waals surface area contributed by atoms with Crippen molar-refractivity contribution >= 4 is 7.60 Å². The molecule has 0 unspecified atom stereocenters. The highest BCUT2D eigenvalue weighted by molar-refractivity contribution is 7.54. The monoisotopic (exact) mass is 204 g/mol. The van der Waals surface area contributed by atoms with Crippen molar-refractivity contribution in [3.8, 4) is 0 Å². The summed E-state index contributed by atoms with van der Waals surface area (Å²) in [5, 5.41) is 0. The van der Waals surface area contributed by atoms with Gasteiger partial charge in [-0.05, 0) is 13.8 Å². The van der Waals surface area contributed by atoms with E-state index in [2.05, 4.69) is 6.58 Å². The standard InChI is InChI=1S/C9H17O3P/c1-4-7-8-9-13(10,11-5-2)12-6-3/h4,7-8H,1,5-6,9H2,2-3H3/b8-7+. The number of rotatable bonds is 7. The van der Waals surface area contributed by atoms with Crippen molar-refractivity contribution in [1.82, 2.24) is 0 Å². The maximum atomic E-state index is 11.8. The molecule has 0 saturated carbocycles. The summed E-state index contributed by atoms with van der Waals surface area (Å²) >= 11 is 0. The van der Waals surface area contributed by atoms with Gasteiger partial charge in [-0.1, -0.05) is 24.8 Å². The minimum atomic E-state index is -2.88. The van der Waals surface area contributed by atoms with E-state index in [1.54, 1.807) is 32.1 Å². The van der Waals surface area contributed by atoms with Crippen LogP contribution in [0.2, 0.25) is 0 Å². The molecular formula is C9H17O3P. The zero-order valence-electron chi connectivity index (χ0n) is 8.23. The molecule has 0 saturated heterocycles. The maximum Gasteiger partial charge on any atom is 0.334 e. The Hall–Kier alpha value is -0.370. The van der Waals surface area contributed by atoms with Crippen LogP contribution < -0.4 is 0 Å². The Morgan fingerprint density at radius 2 is 1.85 bits per heavy atom. The summed E-state index contributed by atoms with van der Waals surface area (Å²) in [6, 6.07) is 0. The predicted octanol–water partition coefficient (Wildman–Crippen LogP) is 2.99. The second-order valence-electron chi connectivity index (χ2n) is 2.29. The van der Waals surface area contributed by atoms with E-state index in [1.165, 1.54) is 0 Å². The molecule has 3 nitrogen and oxygen atoms in total. The van der Waals surface area contributed by atoms with Gasteiger partial charge in [0.25, 0.3) is 0 Å². The predicted molar refractivity (Wildman–Crippen MR) is 55.1 cm³/mol. The van der Waals surface area contributed by atoms with Gasteiger partial charge in [-0.2, -0.15) is 0 Å². The van der Waals surface area contributed by atoms with E-state index in [0.29, 0.717) is 19.4 Å². The second-order valence-corrected chi connectivity index (χ2v) is 4.40. The van der Waals surface area contributed by atoms with Gasteiger partial charge in [-0.3, -0.25) is 4.57 Å². The Bertz CT molecular complexity index is 201. The third-order valence-electron chi connectivity index (χ3n) is 1.25. The Balaban J connectivity index is 4.14. The molecule has 0 radical (unpaired) electrons. The van der Waals surface area contributed by atoms with Crippen LogP contribution in [0.4, 0.5) is 0 Å². The highest BCUT2D eigenvalue weighted by Gasteiger charge is 2.20. The van der Waals surface area contributed by atoms with Crippen LogP contribution in [0.25, 0.3) is 0 Å². The molecule has 0 aliphatic heterocycles. The van der Waals surface area contributed by atoms with Gasteiger partial charge in [0, 0.05) is 0 Å². The summed E-state index contributed by atoms with van der Waals surface area (Å²) < 4.78 is 21.9. The summed E-state index contributed by atoms with van der Waals surface area (Å²) in [6.07, 6.45) is 5.40. The van der Waals surface area contributed by atoms with Crippen LogP contribution in [0.1, 0.15) is 13.8 Å². The fourth-order valence-electron chi connectivity index (χ4n) is 0.822. The molecule has 0 heterocycles. The van der Waals surface area contributed by atoms with Crippen LogP contribution >= 0.6 is 7.60 Å². The number of hydrogen-bond donors (Lipinski definition) is 0. The van der Waals surface area contributed by atoms with E-state index in [-0.39, 0.29) is 0 Å². The molecule has 0 amide bonds. The average molecular weight is 204 g/mol. The Kier molecular flexibility index (Phi) is 6.87. The van der Waals surface area contributed by atoms with Crippen LogP contribution in [0, 0.1) is 0 Å². The van der Waals surface area contributed by atoms with Gasteiger partial charge in [-0.25, -0.2) is 0 Å². The molecule has 0 rings (SSSR count). The lowest BCUT2D eigenvalue weighted by Gasteiger charge is -2.14. The molecule has 0 aromatic heterocycles. The first-order valence-electron chi connectivity index (χ1n) is 4.34. The van der Waals surface area contributed by atoms with E-state index in [1.807, 2.05) is 0 Å². The first-order valence-corrected chi connectivity index (χ1v) is 6.07. The molecule has 13 heavy (non-hydrogen) atoms. The lowest BCUT2D eigenvalue weighted by atomic mass is 10.5. The lowest BCUT2D eigenvalue weighted by Crippen LogP contribution is -1.98. The third kappa shape index (κ3) is 5.81. The van der Waals surface area contributed by atoms with Gasteiger partial charge in [-0.15, -0.1) is 0 Å². The molecule has 0 aliphatic carbocycles. The van der Waals surface area contributed by atoms with Crippen LogP contribution in [-0.4, -0.2) is 19.4 Å². The van der Waals surface area contributed by atoms with Gasteiger partial charge >= 0.3 is 7.60 Å². The Morgan fingerprint density at radius 3 is 2.23 bits per heavy atom. The molecule has 0 spiro atoms. The van der Waals surface area contributed by atoms with Crippen LogP contribution in [0.15, 0.2) is 24.8 Å². The maximum absolute atomic E-state index is 11.8. The molecule has 0 aromatic carbocycles. The van der Waals surface area contributed by atoms with E-state index in [0.717, 1.165) is 0 Å². The van der Waals surface area contributed by atoms with Gasteiger partial charge in [0.2, 0.25) is 0 Å². The molecule has 0 fully saturated rings. The highest BCUT2D eigenvalue weighted by Crippen LogP contribution is 2.47. The second kappa shape index (κ2) is 7.07. The van der Waals surface area contributed by atoms with Crippen molar-refractivity contribution in [2.75, 3.05) is 19.4 Å². The lowest BCUT2D eigenvalue weighted by molar-refractivity contribution is 0.222. The fourth-order valence-corrected chi connectivity index (χ4v) is 2.27. The van der Waals surface area contributed by atoms with Crippen molar-refractivity contribution in [3.05, 3.63) is 24.8 Å². The smallest absolute Gasteiger partial charge is 0.309 e. The topological polar surface area (TPSA) is 35.5 Å². The molecule has 0 aromatic rings. The Morgan fingerprint density at radius 1 is 1.31 bits per heavy atom. The quantitative estimate of drug-likeness (QED) is 0.472. The first kappa shape index (κ1) is 12.6. The van der Waals surface area contributed by atoms with Crippen molar-refractivity contribution in [3.63, 3.8) is 0 Å². The SMILES string of the molecule is C=C/C=C/CP(=O)(OCC)OCC. The van der Waals surface area contributed by atoms with Crippen LogP contribution in [0.3, 0.4) is 0 Å². The van der Waals surface area contributed by atoms with Gasteiger partial charge < -0.3 is 9.05 Å². The van der Waals surface area contributed by atoms with E-state index in [4.69, 9.17) is 9.05 Å². The summed E-state index contributed by atoms with van der Waals surface area (Å²) in [7, 11) is -2.88. The van der Waals surface area contributed by atoms with Gasteiger partial charge in [0.1, 0.15) is 0 Å². The molecular weight excluding hydrogens is 187 g/mol. The average Bonchev–Trinajstić information content (AvgIpc) is 2.05. The minimum absolute atomic E-state index is 0.306. The summed E-state index contributed by atoms with van der Waals surface area (Å²) in [4.78, 5) is 0. The summed E-state index contributed by atoms with van der Waals surface area (Å²) in [6.45, 7) is 7.91. The van der Waals surface area contributed by atoms with Crippen molar-refractivity contribution in [2.45, 2.75) is 13.8 Å². The van der Waals surface area contributed by atoms with Crippen molar-refractivity contribution in [2.24, 2.45) is 0 Å². The largest absolute Gasteiger partial charge is 0.334 e.